The molecule has 0 bridgehead atoms. The quantitative estimate of drug-likeness (QED) is 0.445. The Morgan fingerprint density at radius 2 is 1.87 bits per heavy atom. The molecule has 3 rings (SSSR count). The van der Waals surface area contributed by atoms with Crippen molar-refractivity contribution in [1.29, 1.82) is 0 Å². The fraction of sp³-hybridized carbons (Fsp3) is 0. The molecule has 23 heavy (non-hydrogen) atoms. The third-order valence-corrected chi connectivity index (χ3v) is 3.05. The minimum absolute atomic E-state index is 0.296. The summed E-state index contributed by atoms with van der Waals surface area (Å²) in [6, 6.07) is 6.73. The molecule has 10 heteroatoms. The lowest BCUT2D eigenvalue weighted by molar-refractivity contribution is 0.102. The highest BCUT2D eigenvalue weighted by Crippen LogP contribution is 2.18. The Hall–Kier alpha value is -3.69. The summed E-state index contributed by atoms with van der Waals surface area (Å²) in [5.74, 6) is -1.02. The van der Waals surface area contributed by atoms with Gasteiger partial charge in [0.25, 0.3) is 11.5 Å². The van der Waals surface area contributed by atoms with Crippen LogP contribution in [0.1, 0.15) is 10.4 Å². The second-order valence-electron chi connectivity index (χ2n) is 4.59. The van der Waals surface area contributed by atoms with Crippen LogP contribution in [0.3, 0.4) is 0 Å². The number of hydrogen-bond donors (Lipinski definition) is 5. The number of H-pyrrole nitrogens is 3. The fourth-order valence-electron chi connectivity index (χ4n) is 1.99. The van der Waals surface area contributed by atoms with Crippen LogP contribution in [0.25, 0.3) is 11.3 Å². The van der Waals surface area contributed by atoms with E-state index in [0.29, 0.717) is 11.4 Å². The molecule has 6 N–H and O–H groups in total. The molecule has 2 aromatic heterocycles. The average molecular weight is 313 g/mol. The van der Waals surface area contributed by atoms with Crippen LogP contribution >= 0.6 is 0 Å². The van der Waals surface area contributed by atoms with Crippen LogP contribution < -0.4 is 22.3 Å². The van der Waals surface area contributed by atoms with Gasteiger partial charge in [-0.1, -0.05) is 17.3 Å². The predicted octanol–water partition coefficient (Wildman–Crippen LogP) is -0.317. The van der Waals surface area contributed by atoms with Gasteiger partial charge in [-0.15, -0.1) is 5.10 Å². The number of hydrogen-bond acceptors (Lipinski definition) is 6. The van der Waals surface area contributed by atoms with Gasteiger partial charge in [0.15, 0.2) is 0 Å². The van der Waals surface area contributed by atoms with E-state index in [-0.39, 0.29) is 11.4 Å². The Bertz CT molecular complexity index is 954. The Balaban J connectivity index is 1.84. The van der Waals surface area contributed by atoms with Gasteiger partial charge >= 0.3 is 5.69 Å². The first-order valence-electron chi connectivity index (χ1n) is 6.45. The second kappa shape index (κ2) is 5.60. The van der Waals surface area contributed by atoms with E-state index in [9.17, 15) is 14.4 Å². The number of nitrogens with one attached hydrogen (secondary N) is 4. The Labute approximate surface area is 127 Å². The summed E-state index contributed by atoms with van der Waals surface area (Å²) < 4.78 is 0. The van der Waals surface area contributed by atoms with Crippen LogP contribution in [0.5, 0.6) is 0 Å². The van der Waals surface area contributed by atoms with Gasteiger partial charge in [-0.05, 0) is 12.1 Å². The summed E-state index contributed by atoms with van der Waals surface area (Å²) in [7, 11) is 0. The zero-order valence-electron chi connectivity index (χ0n) is 11.6. The highest BCUT2D eigenvalue weighted by Gasteiger charge is 2.16. The Morgan fingerprint density at radius 1 is 1.13 bits per heavy atom. The topological polar surface area (TPSA) is 162 Å². The number of nitrogen functional groups attached to an aromatic ring is 1. The molecule has 1 aromatic carbocycles. The maximum Gasteiger partial charge on any atom is 0.327 e. The highest BCUT2D eigenvalue weighted by molar-refractivity contribution is 6.06. The molecular weight excluding hydrogens is 302 g/mol. The number of nitrogens with zero attached hydrogens (tertiary/aromatic N) is 2. The Kier molecular flexibility index (Phi) is 3.47. The van der Waals surface area contributed by atoms with Crippen molar-refractivity contribution in [2.24, 2.45) is 0 Å². The molecule has 0 unspecified atom stereocenters. The molecule has 1 amide bonds. The van der Waals surface area contributed by atoms with Crippen molar-refractivity contribution in [3.05, 3.63) is 56.9 Å². The summed E-state index contributed by atoms with van der Waals surface area (Å²) >= 11 is 0. The van der Waals surface area contributed by atoms with E-state index < -0.39 is 17.2 Å². The molecule has 2 heterocycles. The van der Waals surface area contributed by atoms with Crippen LogP contribution in [0.2, 0.25) is 0 Å². The van der Waals surface area contributed by atoms with Gasteiger partial charge in [0.05, 0.1) is 0 Å². The number of carbonyl (C=O) groups excluding carboxylic acids is 1. The lowest BCUT2D eigenvalue weighted by atomic mass is 10.1. The number of nitrogens with two attached hydrogens (primary N) is 1. The molecule has 0 radical (unpaired) electrons. The van der Waals surface area contributed by atoms with Gasteiger partial charge in [0.1, 0.15) is 17.1 Å². The van der Waals surface area contributed by atoms with Crippen molar-refractivity contribution in [3.63, 3.8) is 0 Å². The lowest BCUT2D eigenvalue weighted by Crippen LogP contribution is -2.32. The number of carbonyl (C=O) groups is 1. The summed E-state index contributed by atoms with van der Waals surface area (Å²) in [5, 5.41) is 12.6. The normalized spacial score (nSPS) is 10.4. The van der Waals surface area contributed by atoms with Gasteiger partial charge in [-0.25, -0.2) is 4.79 Å². The molecule has 0 spiro atoms. The number of aromatic amines is 3. The summed E-state index contributed by atoms with van der Waals surface area (Å²) in [6.07, 6.45) is 1.63. The minimum atomic E-state index is -0.858. The van der Waals surface area contributed by atoms with Crippen molar-refractivity contribution in [2.45, 2.75) is 0 Å². The van der Waals surface area contributed by atoms with Gasteiger partial charge in [-0.2, -0.15) is 0 Å². The van der Waals surface area contributed by atoms with Crippen LogP contribution in [0.4, 0.5) is 11.5 Å². The molecule has 0 saturated heterocycles. The molecule has 116 valence electrons. The van der Waals surface area contributed by atoms with E-state index in [1.54, 1.807) is 30.5 Å². The number of amides is 1. The third kappa shape index (κ3) is 2.85. The van der Waals surface area contributed by atoms with E-state index >= 15 is 0 Å². The first kappa shape index (κ1) is 14.3. The molecular formula is C13H11N7O3. The summed E-state index contributed by atoms with van der Waals surface area (Å²) in [6.45, 7) is 0. The molecule has 0 aliphatic heterocycles. The van der Waals surface area contributed by atoms with Crippen LogP contribution in [-0.2, 0) is 0 Å². The lowest BCUT2D eigenvalue weighted by Gasteiger charge is -2.06. The summed E-state index contributed by atoms with van der Waals surface area (Å²) in [5.41, 5.74) is 5.43. The van der Waals surface area contributed by atoms with E-state index in [2.05, 4.69) is 25.7 Å². The fourth-order valence-corrected chi connectivity index (χ4v) is 1.99. The SMILES string of the molecule is Nc1[nH]c(=O)[nH]c(=O)c1C(=O)Nc1ccc(-c2c[nH]nn2)cc1. The molecule has 10 nitrogen and oxygen atoms in total. The zero-order valence-corrected chi connectivity index (χ0v) is 11.6. The standard InChI is InChI=1S/C13H11N7O3/c14-10-9(12(22)18-13(23)17-10)11(21)16-7-3-1-6(2-4-7)8-5-15-20-19-8/h1-5H,(H,16,21)(H,15,19,20)(H4,14,17,18,22,23). The largest absolute Gasteiger partial charge is 0.384 e. The second-order valence-corrected chi connectivity index (χ2v) is 4.59. The first-order chi connectivity index (χ1) is 11.0. The third-order valence-electron chi connectivity index (χ3n) is 3.05. The predicted molar refractivity (Wildman–Crippen MR) is 81.9 cm³/mol. The first-order valence-corrected chi connectivity index (χ1v) is 6.45. The zero-order chi connectivity index (χ0) is 16.4. The molecule has 0 aliphatic rings. The van der Waals surface area contributed by atoms with Gasteiger partial charge < -0.3 is 11.1 Å². The van der Waals surface area contributed by atoms with Crippen molar-refractivity contribution >= 4 is 17.4 Å². The Morgan fingerprint density at radius 3 is 2.48 bits per heavy atom. The molecule has 0 fully saturated rings. The average Bonchev–Trinajstić information content (AvgIpc) is 3.01. The van der Waals surface area contributed by atoms with Crippen molar-refractivity contribution in [3.8, 4) is 11.3 Å². The maximum atomic E-state index is 12.1. The molecule has 0 aliphatic carbocycles. The maximum absolute atomic E-state index is 12.1. The van der Waals surface area contributed by atoms with Gasteiger partial charge in [0, 0.05) is 17.4 Å². The van der Waals surface area contributed by atoms with Gasteiger partial charge in [-0.3, -0.25) is 24.7 Å². The van der Waals surface area contributed by atoms with E-state index in [4.69, 9.17) is 5.73 Å². The summed E-state index contributed by atoms with van der Waals surface area (Å²) in [4.78, 5) is 39.0. The molecule has 0 atom stereocenters. The number of benzene rings is 1. The van der Waals surface area contributed by atoms with Crippen molar-refractivity contribution in [2.75, 3.05) is 11.1 Å². The van der Waals surface area contributed by atoms with E-state index in [0.717, 1.165) is 5.56 Å². The number of aromatic nitrogens is 5. The van der Waals surface area contributed by atoms with Crippen LogP contribution in [0.15, 0.2) is 40.1 Å². The van der Waals surface area contributed by atoms with E-state index in [1.807, 2.05) is 4.98 Å². The highest BCUT2D eigenvalue weighted by atomic mass is 16.2. The van der Waals surface area contributed by atoms with E-state index in [1.165, 1.54) is 0 Å². The number of rotatable bonds is 3. The van der Waals surface area contributed by atoms with Crippen molar-refractivity contribution in [1.82, 2.24) is 25.4 Å². The molecule has 0 saturated carbocycles. The van der Waals surface area contributed by atoms with Crippen LogP contribution in [-0.4, -0.2) is 31.3 Å². The smallest absolute Gasteiger partial charge is 0.327 e. The van der Waals surface area contributed by atoms with Gasteiger partial charge in [0.2, 0.25) is 0 Å². The molecule has 3 aromatic rings. The monoisotopic (exact) mass is 313 g/mol. The van der Waals surface area contributed by atoms with Crippen molar-refractivity contribution < 1.29 is 4.79 Å². The number of anilines is 2. The minimum Gasteiger partial charge on any atom is -0.384 e. The van der Waals surface area contributed by atoms with Crippen LogP contribution in [0, 0.1) is 0 Å².